The second-order valence-corrected chi connectivity index (χ2v) is 12.0. The molecule has 29 heavy (non-hydrogen) atoms. The highest BCUT2D eigenvalue weighted by Crippen LogP contribution is 2.55. The first-order valence-corrected chi connectivity index (χ1v) is 14.5. The third-order valence-corrected chi connectivity index (χ3v) is 6.20. The van der Waals surface area contributed by atoms with Gasteiger partial charge in [0.15, 0.2) is 0 Å². The number of phenols is 2. The number of aromatic hydroxyl groups is 2. The Morgan fingerprint density at radius 2 is 1.69 bits per heavy atom. The van der Waals surface area contributed by atoms with E-state index in [9.17, 15) is 5.11 Å². The zero-order valence-electron chi connectivity index (χ0n) is 16.2. The van der Waals surface area contributed by atoms with Crippen LogP contribution in [-0.4, -0.2) is 11.6 Å². The molecule has 0 fully saturated rings. The smallest absolute Gasteiger partial charge is 0.293 e. The van der Waals surface area contributed by atoms with Crippen LogP contribution >= 0.6 is 50.4 Å². The quantitative estimate of drug-likeness (QED) is 0.246. The number of fused-ring (bicyclic) bond motifs is 1. The molecule has 0 saturated carbocycles. The number of benzene rings is 3. The van der Waals surface area contributed by atoms with Crippen molar-refractivity contribution in [2.75, 3.05) is 0 Å². The molecule has 8 heteroatoms. The summed E-state index contributed by atoms with van der Waals surface area (Å²) in [6, 6.07) is 18.4. The van der Waals surface area contributed by atoms with Crippen LogP contribution < -0.4 is 4.74 Å². The highest BCUT2D eigenvalue weighted by Gasteiger charge is 2.34. The van der Waals surface area contributed by atoms with Gasteiger partial charge in [-0.2, -0.15) is 0 Å². The second-order valence-electron chi connectivity index (χ2n) is 6.38. The third kappa shape index (κ3) is 5.56. The first-order chi connectivity index (χ1) is 14.5. The van der Waals surface area contributed by atoms with Crippen LogP contribution in [0.2, 0.25) is 5.02 Å². The molecule has 0 amide bonds. The molecule has 0 unspecified atom stereocenters. The summed E-state index contributed by atoms with van der Waals surface area (Å²) in [7, 11) is 0. The molecule has 0 radical (unpaired) electrons. The highest BCUT2D eigenvalue weighted by molar-refractivity contribution is 14.2. The van der Waals surface area contributed by atoms with Crippen molar-refractivity contribution in [2.45, 2.75) is 23.2 Å². The van der Waals surface area contributed by atoms with Gasteiger partial charge in [-0.1, -0.05) is 35.9 Å². The number of aryl methyl sites for hydroxylation is 1. The summed E-state index contributed by atoms with van der Waals surface area (Å²) >= 11 is 14.6. The van der Waals surface area contributed by atoms with Crippen LogP contribution in [0.4, 0.5) is 0 Å². The summed E-state index contributed by atoms with van der Waals surface area (Å²) in [5.41, 5.74) is 3.05. The molecule has 3 nitrogen and oxygen atoms in total. The van der Waals surface area contributed by atoms with Crippen molar-refractivity contribution in [3.8, 4) is 17.2 Å². The van der Waals surface area contributed by atoms with E-state index in [1.54, 1.807) is 36.0 Å². The summed E-state index contributed by atoms with van der Waals surface area (Å²) in [4.78, 5) is 1.89. The van der Waals surface area contributed by atoms with Gasteiger partial charge in [-0.25, -0.2) is 0 Å². The molecule has 150 valence electrons. The summed E-state index contributed by atoms with van der Waals surface area (Å²) < 4.78 is 13.4. The first-order valence-electron chi connectivity index (χ1n) is 8.96. The molecule has 2 N–H and O–H groups in total. The van der Waals surface area contributed by atoms with Gasteiger partial charge in [0.05, 0.1) is 15.2 Å². The lowest BCUT2D eigenvalue weighted by atomic mass is 10.00. The van der Waals surface area contributed by atoms with Gasteiger partial charge in [-0.05, 0) is 93.9 Å². The van der Waals surface area contributed by atoms with E-state index in [-0.39, 0.29) is 17.1 Å². The Bertz CT molecular complexity index is 1020. The Kier molecular flexibility index (Phi) is 7.54. The molecule has 2 atom stereocenters. The Morgan fingerprint density at radius 1 is 1.10 bits per heavy atom. The predicted octanol–water partition coefficient (Wildman–Crippen LogP) is 7.77. The van der Waals surface area contributed by atoms with Gasteiger partial charge in [0.1, 0.15) is 23.4 Å². The number of hydrogen-bond acceptors (Lipinski definition) is 5. The maximum Gasteiger partial charge on any atom is 0.293 e. The predicted molar refractivity (Wildman–Crippen MR) is 133 cm³/mol. The zero-order chi connectivity index (χ0) is 21.7. The van der Waals surface area contributed by atoms with E-state index in [2.05, 4.69) is 39.0 Å². The number of rotatable bonds is 3. The summed E-state index contributed by atoms with van der Waals surface area (Å²) in [6.45, 7) is 1.99. The standard InChI is InChI=1S/C21H17ClO3S.IPS/c1-12-10-17(22)21-18(11-12)25-19(13-2-6-15(23)7-3-13)20(26-21)14-4-8-16(24)9-5-14;1-2-3/h2-11,19-20,23-24H,1H3;/t19-,20+;/m1./s1/i/hT. The van der Waals surface area contributed by atoms with Crippen LogP contribution in [0, 0.1) is 6.92 Å². The van der Waals surface area contributed by atoms with Crippen molar-refractivity contribution < 1.29 is 15.0 Å². The minimum Gasteiger partial charge on any atom is -0.508 e. The van der Waals surface area contributed by atoms with Crippen molar-refractivity contribution in [3.63, 3.8) is 0 Å². The molecular formula is C21H17ClIO3PS2. The molecule has 0 spiro atoms. The van der Waals surface area contributed by atoms with E-state index in [1.807, 2.05) is 43.3 Å². The van der Waals surface area contributed by atoms with Gasteiger partial charge in [0.25, 0.3) is 1.43 Å². The van der Waals surface area contributed by atoms with E-state index < -0.39 is 0 Å². The molecule has 3 aromatic carbocycles. The average molecular weight is 577 g/mol. The topological polar surface area (TPSA) is 49.7 Å². The second kappa shape index (κ2) is 10.3. The summed E-state index contributed by atoms with van der Waals surface area (Å²) in [5.74, 6) is 1.47. The van der Waals surface area contributed by atoms with Crippen molar-refractivity contribution in [1.82, 2.24) is 0 Å². The lowest BCUT2D eigenvalue weighted by molar-refractivity contribution is 0.191. The molecule has 1 aliphatic heterocycles. The average Bonchev–Trinajstić information content (AvgIpc) is 2.74. The Balaban J connectivity index is 0.000000806. The van der Waals surface area contributed by atoms with Crippen LogP contribution in [0.15, 0.2) is 65.6 Å². The molecule has 1 aliphatic rings. The van der Waals surface area contributed by atoms with Gasteiger partial charge in [-0.3, -0.25) is 0 Å². The monoisotopic (exact) mass is 576 g/mol. The number of hydrogen-bond donors (Lipinski definition) is 2. The third-order valence-electron chi connectivity index (χ3n) is 4.36. The van der Waals surface area contributed by atoms with E-state index >= 15 is 0 Å². The molecule has 4 rings (SSSR count). The number of halogens is 2. The van der Waals surface area contributed by atoms with Gasteiger partial charge < -0.3 is 15.0 Å². The van der Waals surface area contributed by atoms with Crippen LogP contribution in [0.1, 0.15) is 28.0 Å². The number of thioether (sulfide) groups is 1. The minimum absolute atomic E-state index is 0.0398. The fourth-order valence-electron chi connectivity index (χ4n) is 3.09. The summed E-state index contributed by atoms with van der Waals surface area (Å²) in [5, 5.41) is 14.8. The number of phenolic OH excluding ortho intramolecular Hbond substituents is 2. The van der Waals surface area contributed by atoms with E-state index in [1.165, 1.54) is 0 Å². The molecule has 0 bridgehead atoms. The Labute approximate surface area is 200 Å². The van der Waals surface area contributed by atoms with Gasteiger partial charge in [-0.15, -0.1) is 11.8 Å². The molecule has 0 aromatic heterocycles. The Morgan fingerprint density at radius 3 is 2.31 bits per heavy atom. The van der Waals surface area contributed by atoms with Crippen LogP contribution in [0.5, 0.6) is 17.2 Å². The van der Waals surface area contributed by atoms with E-state index in [4.69, 9.17) is 17.8 Å². The Hall–Kier alpha value is -1.05. The van der Waals surface area contributed by atoms with Gasteiger partial charge >= 0.3 is 0 Å². The van der Waals surface area contributed by atoms with Gasteiger partial charge in [0, 0.05) is 5.00 Å². The van der Waals surface area contributed by atoms with Gasteiger partial charge in [0.2, 0.25) is 0 Å². The molecule has 0 saturated heterocycles. The maximum atomic E-state index is 9.63. The minimum atomic E-state index is -0.247. The normalized spacial score (nSPS) is 18.0. The van der Waals surface area contributed by atoms with Crippen LogP contribution in [0.3, 0.4) is 0 Å². The fourth-order valence-corrected chi connectivity index (χ4v) is 4.77. The lowest BCUT2D eigenvalue weighted by Gasteiger charge is -2.34. The lowest BCUT2D eigenvalue weighted by Crippen LogP contribution is -2.19. The zero-order valence-corrected chi connectivity index (χ0v) is 20.7. The first kappa shape index (κ1) is 21.2. The van der Waals surface area contributed by atoms with E-state index in [0.717, 1.165) is 32.3 Å². The molecule has 0 aliphatic carbocycles. The largest absolute Gasteiger partial charge is 0.508 e. The summed E-state index contributed by atoms with van der Waals surface area (Å²) in [6.07, 6.45) is -0.247. The highest BCUT2D eigenvalue weighted by atomic mass is 127. The van der Waals surface area contributed by atoms with E-state index in [0.29, 0.717) is 10.8 Å². The molecule has 3 aromatic rings. The van der Waals surface area contributed by atoms with Crippen molar-refractivity contribution in [1.29, 1.82) is 1.43 Å². The molecule has 1 heterocycles. The van der Waals surface area contributed by atoms with Crippen molar-refractivity contribution >= 4 is 62.2 Å². The number of ether oxygens (including phenoxy) is 1. The van der Waals surface area contributed by atoms with Crippen LogP contribution in [-0.2, 0) is 11.8 Å². The molecular weight excluding hydrogens is 558 g/mol. The van der Waals surface area contributed by atoms with Crippen molar-refractivity contribution in [3.05, 3.63) is 82.4 Å². The SMILES string of the molecule is S=PI.[3H]Oc1ccc([C@@H]2Sc3c(Cl)cc(C)cc3O[C@@H]2c2ccc(O)cc2)cc1. The van der Waals surface area contributed by atoms with Crippen molar-refractivity contribution in [2.24, 2.45) is 0 Å². The fraction of sp³-hybridized carbons (Fsp3) is 0.143. The maximum absolute atomic E-state index is 9.63. The van der Waals surface area contributed by atoms with Crippen LogP contribution in [0.25, 0.3) is 0 Å².